The number of rotatable bonds is 6. The minimum absolute atomic E-state index is 0.0633. The molecule has 3 aromatic carbocycles. The van der Waals surface area contributed by atoms with Crippen LogP contribution in [0.15, 0.2) is 66.7 Å². The van der Waals surface area contributed by atoms with Gasteiger partial charge in [-0.3, -0.25) is 9.69 Å². The van der Waals surface area contributed by atoms with E-state index in [1.54, 1.807) is 13.2 Å². The zero-order chi connectivity index (χ0) is 21.8. The molecule has 1 N–H and O–H groups in total. The average molecular weight is 422 g/mol. The fourth-order valence-electron chi connectivity index (χ4n) is 3.92. The monoisotopic (exact) mass is 422 g/mol. The predicted octanol–water partition coefficient (Wildman–Crippen LogP) is 4.64. The maximum Gasteiger partial charge on any atom is 0.251 e. The van der Waals surface area contributed by atoms with Gasteiger partial charge < -0.3 is 10.1 Å². The maximum atomic E-state index is 13.7. The van der Waals surface area contributed by atoms with Gasteiger partial charge in [0.15, 0.2) is 0 Å². The summed E-state index contributed by atoms with van der Waals surface area (Å²) in [4.78, 5) is 14.6. The molecular weight excluding hydrogens is 398 g/mol. The van der Waals surface area contributed by atoms with Crippen LogP contribution in [-0.2, 0) is 6.54 Å². The van der Waals surface area contributed by atoms with E-state index in [0.29, 0.717) is 11.3 Å². The van der Waals surface area contributed by atoms with Gasteiger partial charge in [-0.2, -0.15) is 0 Å². The Balaban J connectivity index is 1.35. The van der Waals surface area contributed by atoms with E-state index in [1.165, 1.54) is 36.4 Å². The van der Waals surface area contributed by atoms with Crippen LogP contribution < -0.4 is 10.1 Å². The molecular formula is C25H24F2N2O2. The number of hydrogen-bond donors (Lipinski definition) is 1. The first kappa shape index (κ1) is 21.0. The van der Waals surface area contributed by atoms with E-state index < -0.39 is 0 Å². The Hall–Kier alpha value is -3.25. The molecule has 0 aliphatic carbocycles. The lowest BCUT2D eigenvalue weighted by Crippen LogP contribution is -2.36. The Morgan fingerprint density at radius 1 is 1.03 bits per heavy atom. The number of nitrogens with zero attached hydrogens (tertiary/aromatic N) is 1. The molecule has 4 rings (SSSR count). The molecule has 31 heavy (non-hydrogen) atoms. The van der Waals surface area contributed by atoms with Crippen molar-refractivity contribution in [2.75, 3.05) is 20.2 Å². The molecule has 1 heterocycles. The van der Waals surface area contributed by atoms with Crippen molar-refractivity contribution in [2.45, 2.75) is 19.0 Å². The molecule has 1 aliphatic rings. The number of carbonyl (C=O) groups excluding carboxylic acids is 1. The highest BCUT2D eigenvalue weighted by Gasteiger charge is 2.24. The number of amides is 1. The lowest BCUT2D eigenvalue weighted by molar-refractivity contribution is 0.0937. The SMILES string of the molecule is COc1ccc(F)cc1-c1ccc(CN2CCC(NC(=O)c3ccc(F)cc3)C2)cc1. The standard InChI is InChI=1S/C25H24F2N2O2/c1-31-24-11-10-21(27)14-23(24)18-4-2-17(3-5-18)15-29-13-12-22(16-29)28-25(30)19-6-8-20(26)9-7-19/h2-11,14,22H,12-13,15-16H2,1H3,(H,28,30). The normalized spacial score (nSPS) is 16.3. The fourth-order valence-corrected chi connectivity index (χ4v) is 3.92. The van der Waals surface area contributed by atoms with Gasteiger partial charge >= 0.3 is 0 Å². The summed E-state index contributed by atoms with van der Waals surface area (Å²) < 4.78 is 32.0. The quantitative estimate of drug-likeness (QED) is 0.629. The molecule has 0 saturated carbocycles. The van der Waals surface area contributed by atoms with Gasteiger partial charge in [-0.1, -0.05) is 24.3 Å². The summed E-state index contributed by atoms with van der Waals surface area (Å²) in [5, 5.41) is 3.03. The van der Waals surface area contributed by atoms with Gasteiger partial charge in [0.25, 0.3) is 5.91 Å². The van der Waals surface area contributed by atoms with Gasteiger partial charge in [-0.15, -0.1) is 0 Å². The Labute approximate surface area is 180 Å². The number of halogens is 2. The van der Waals surface area contributed by atoms with Crippen molar-refractivity contribution < 1.29 is 18.3 Å². The molecule has 4 nitrogen and oxygen atoms in total. The van der Waals surface area contributed by atoms with Gasteiger partial charge in [0.05, 0.1) is 7.11 Å². The van der Waals surface area contributed by atoms with Crippen molar-refractivity contribution in [2.24, 2.45) is 0 Å². The van der Waals surface area contributed by atoms with Crippen LogP contribution in [0.25, 0.3) is 11.1 Å². The molecule has 160 valence electrons. The third kappa shape index (κ3) is 5.09. The molecule has 1 unspecified atom stereocenters. The summed E-state index contributed by atoms with van der Waals surface area (Å²) in [6, 6.07) is 18.1. The van der Waals surface area contributed by atoms with Crippen LogP contribution in [0.3, 0.4) is 0 Å². The molecule has 1 saturated heterocycles. The van der Waals surface area contributed by atoms with Gasteiger partial charge in [0.2, 0.25) is 0 Å². The third-order valence-corrected chi connectivity index (χ3v) is 5.55. The molecule has 0 aromatic heterocycles. The molecule has 1 atom stereocenters. The number of methoxy groups -OCH3 is 1. The van der Waals surface area contributed by atoms with Gasteiger partial charge in [0.1, 0.15) is 17.4 Å². The molecule has 1 fully saturated rings. The van der Waals surface area contributed by atoms with Gasteiger partial charge in [-0.05, 0) is 60.0 Å². The minimum atomic E-state index is -0.356. The highest BCUT2D eigenvalue weighted by Crippen LogP contribution is 2.31. The number of ether oxygens (including phenoxy) is 1. The first-order valence-electron chi connectivity index (χ1n) is 10.2. The van der Waals surface area contributed by atoms with E-state index in [4.69, 9.17) is 4.74 Å². The van der Waals surface area contributed by atoms with Crippen molar-refractivity contribution in [1.82, 2.24) is 10.2 Å². The molecule has 1 aliphatic heterocycles. The number of nitrogens with one attached hydrogen (secondary N) is 1. The van der Waals surface area contributed by atoms with Crippen LogP contribution in [-0.4, -0.2) is 37.0 Å². The van der Waals surface area contributed by atoms with Crippen LogP contribution >= 0.6 is 0 Å². The molecule has 0 radical (unpaired) electrons. The van der Waals surface area contributed by atoms with E-state index in [-0.39, 0.29) is 23.6 Å². The Morgan fingerprint density at radius 3 is 2.45 bits per heavy atom. The van der Waals surface area contributed by atoms with Crippen molar-refractivity contribution in [3.8, 4) is 16.9 Å². The first-order valence-corrected chi connectivity index (χ1v) is 10.2. The van der Waals surface area contributed by atoms with Crippen LogP contribution in [0.4, 0.5) is 8.78 Å². The average Bonchev–Trinajstić information content (AvgIpc) is 3.21. The summed E-state index contributed by atoms with van der Waals surface area (Å²) in [7, 11) is 1.57. The lowest BCUT2D eigenvalue weighted by Gasteiger charge is -2.17. The fraction of sp³-hybridized carbons (Fsp3) is 0.240. The number of likely N-dealkylation sites (tertiary alicyclic amines) is 1. The van der Waals surface area contributed by atoms with E-state index in [2.05, 4.69) is 10.2 Å². The molecule has 3 aromatic rings. The smallest absolute Gasteiger partial charge is 0.251 e. The predicted molar refractivity (Wildman–Crippen MR) is 116 cm³/mol. The summed E-state index contributed by atoms with van der Waals surface area (Å²) in [5.74, 6) is -0.204. The maximum absolute atomic E-state index is 13.7. The van der Waals surface area contributed by atoms with Crippen molar-refractivity contribution in [3.05, 3.63) is 89.5 Å². The largest absolute Gasteiger partial charge is 0.496 e. The van der Waals surface area contributed by atoms with E-state index in [0.717, 1.165) is 42.7 Å². The van der Waals surface area contributed by atoms with Crippen molar-refractivity contribution in [1.29, 1.82) is 0 Å². The van der Waals surface area contributed by atoms with E-state index in [9.17, 15) is 13.6 Å². The Morgan fingerprint density at radius 2 is 1.74 bits per heavy atom. The molecule has 1 amide bonds. The summed E-state index contributed by atoms with van der Waals surface area (Å²) in [5.41, 5.74) is 3.22. The summed E-state index contributed by atoms with van der Waals surface area (Å²) in [6.07, 6.45) is 0.867. The second-order valence-electron chi connectivity index (χ2n) is 7.74. The highest BCUT2D eigenvalue weighted by atomic mass is 19.1. The minimum Gasteiger partial charge on any atom is -0.496 e. The molecule has 0 spiro atoms. The lowest BCUT2D eigenvalue weighted by atomic mass is 10.0. The second kappa shape index (κ2) is 9.27. The first-order chi connectivity index (χ1) is 15.0. The molecule has 0 bridgehead atoms. The highest BCUT2D eigenvalue weighted by molar-refractivity contribution is 5.94. The Kier molecular flexibility index (Phi) is 6.28. The van der Waals surface area contributed by atoms with Gasteiger partial charge in [0, 0.05) is 36.8 Å². The molecule has 6 heteroatoms. The topological polar surface area (TPSA) is 41.6 Å². The van der Waals surface area contributed by atoms with Crippen molar-refractivity contribution >= 4 is 5.91 Å². The van der Waals surface area contributed by atoms with Crippen molar-refractivity contribution in [3.63, 3.8) is 0 Å². The van der Waals surface area contributed by atoms with E-state index in [1.807, 2.05) is 24.3 Å². The zero-order valence-electron chi connectivity index (χ0n) is 17.3. The van der Waals surface area contributed by atoms with E-state index >= 15 is 0 Å². The second-order valence-corrected chi connectivity index (χ2v) is 7.74. The summed E-state index contributed by atoms with van der Waals surface area (Å²) >= 11 is 0. The number of benzene rings is 3. The third-order valence-electron chi connectivity index (χ3n) is 5.55. The van der Waals surface area contributed by atoms with Crippen LogP contribution in [0.2, 0.25) is 0 Å². The summed E-state index contributed by atoms with van der Waals surface area (Å²) in [6.45, 7) is 2.41. The van der Waals surface area contributed by atoms with Crippen LogP contribution in [0, 0.1) is 11.6 Å². The number of carbonyl (C=O) groups is 1. The van der Waals surface area contributed by atoms with Crippen LogP contribution in [0.1, 0.15) is 22.3 Å². The number of hydrogen-bond acceptors (Lipinski definition) is 3. The zero-order valence-corrected chi connectivity index (χ0v) is 17.3. The van der Waals surface area contributed by atoms with Gasteiger partial charge in [-0.25, -0.2) is 8.78 Å². The van der Waals surface area contributed by atoms with Crippen LogP contribution in [0.5, 0.6) is 5.75 Å². The Bertz CT molecular complexity index is 1050.